The highest BCUT2D eigenvalue weighted by molar-refractivity contribution is 8.00. The van der Waals surface area contributed by atoms with Gasteiger partial charge in [0.2, 0.25) is 0 Å². The molecule has 46 heavy (non-hydrogen) atoms. The van der Waals surface area contributed by atoms with E-state index in [4.69, 9.17) is 0 Å². The van der Waals surface area contributed by atoms with Gasteiger partial charge in [0.25, 0.3) is 0 Å². The third kappa shape index (κ3) is 3.31. The summed E-state index contributed by atoms with van der Waals surface area (Å²) in [4.78, 5) is 11.7. The monoisotopic (exact) mass is 605 g/mol. The van der Waals surface area contributed by atoms with E-state index in [1.54, 1.807) is 0 Å². The molecule has 3 nitrogen and oxygen atoms in total. The van der Waals surface area contributed by atoms with Gasteiger partial charge in [0, 0.05) is 39.1 Å². The van der Waals surface area contributed by atoms with E-state index in [0.29, 0.717) is 0 Å². The van der Waals surface area contributed by atoms with E-state index >= 15 is 0 Å². The summed E-state index contributed by atoms with van der Waals surface area (Å²) in [6.45, 7) is 0. The van der Waals surface area contributed by atoms with E-state index in [9.17, 15) is 0 Å². The standard InChI is InChI=1S/C42H27N3S/c1-2-12-28(13-3-1)44-35-18-8-6-16-32(35)42(33-17-7-9-19-36(33)44)31-15-5-4-14-30(31)40-34(42)22-23-38-41(40)46-39-21-11-10-20-37(39)45(38)29-24-26-43-27-25-29/h1-27H. The highest BCUT2D eigenvalue weighted by Gasteiger charge is 2.52. The summed E-state index contributed by atoms with van der Waals surface area (Å²) < 4.78 is 0. The summed E-state index contributed by atoms with van der Waals surface area (Å²) >= 11 is 1.89. The lowest BCUT2D eigenvalue weighted by Gasteiger charge is -2.45. The van der Waals surface area contributed by atoms with Gasteiger partial charge in [-0.25, -0.2) is 0 Å². The number of nitrogens with zero attached hydrogens (tertiary/aromatic N) is 3. The second kappa shape index (κ2) is 9.71. The minimum Gasteiger partial charge on any atom is -0.310 e. The Hall–Kier alpha value is -5.58. The molecule has 4 heteroatoms. The number of anilines is 6. The minimum atomic E-state index is -0.474. The molecule has 3 heterocycles. The lowest BCUT2D eigenvalue weighted by atomic mass is 9.64. The van der Waals surface area contributed by atoms with Crippen molar-refractivity contribution >= 4 is 45.9 Å². The van der Waals surface area contributed by atoms with Crippen molar-refractivity contribution < 1.29 is 0 Å². The largest absolute Gasteiger partial charge is 0.310 e. The van der Waals surface area contributed by atoms with Crippen LogP contribution in [0.5, 0.6) is 0 Å². The first kappa shape index (κ1) is 25.7. The fraction of sp³-hybridized carbons (Fsp3) is 0.0238. The molecular weight excluding hydrogens is 579 g/mol. The maximum Gasteiger partial charge on any atom is 0.0754 e. The van der Waals surface area contributed by atoms with Crippen molar-refractivity contribution in [3.05, 3.63) is 186 Å². The molecular formula is C42H27N3S. The van der Waals surface area contributed by atoms with Gasteiger partial charge in [-0.15, -0.1) is 0 Å². The SMILES string of the molecule is c1ccc(N2c3ccccc3C3(c4ccccc4-c4c3ccc3c4Sc4ccccc4N3c3ccncc3)c3ccccc32)cc1. The molecule has 1 aliphatic carbocycles. The lowest BCUT2D eigenvalue weighted by Crippen LogP contribution is -2.36. The molecule has 0 radical (unpaired) electrons. The Bertz CT molecular complexity index is 2270. The van der Waals surface area contributed by atoms with Gasteiger partial charge in [-0.2, -0.15) is 0 Å². The third-order valence-corrected chi connectivity index (χ3v) is 10.9. The van der Waals surface area contributed by atoms with E-state index in [-0.39, 0.29) is 0 Å². The van der Waals surface area contributed by atoms with Gasteiger partial charge in [-0.05, 0) is 82.4 Å². The first-order valence-electron chi connectivity index (χ1n) is 15.6. The Morgan fingerprint density at radius 3 is 1.74 bits per heavy atom. The van der Waals surface area contributed by atoms with Gasteiger partial charge < -0.3 is 9.80 Å². The molecule has 7 aromatic rings. The Labute approximate surface area is 272 Å². The summed E-state index contributed by atoms with van der Waals surface area (Å²) in [6, 6.07) is 55.6. The van der Waals surface area contributed by atoms with Crippen LogP contribution in [0.15, 0.2) is 174 Å². The normalized spacial score (nSPS) is 14.5. The molecule has 0 saturated carbocycles. The molecule has 0 bridgehead atoms. The van der Waals surface area contributed by atoms with Crippen LogP contribution in [0, 0.1) is 0 Å². The molecule has 0 saturated heterocycles. The van der Waals surface area contributed by atoms with Crippen LogP contribution in [0.3, 0.4) is 0 Å². The van der Waals surface area contributed by atoms with Crippen molar-refractivity contribution in [2.24, 2.45) is 0 Å². The zero-order chi connectivity index (χ0) is 30.2. The zero-order valence-corrected chi connectivity index (χ0v) is 25.7. The van der Waals surface area contributed by atoms with E-state index in [1.807, 2.05) is 24.2 Å². The van der Waals surface area contributed by atoms with Crippen LogP contribution in [-0.4, -0.2) is 4.98 Å². The quantitative estimate of drug-likeness (QED) is 0.195. The van der Waals surface area contributed by atoms with Gasteiger partial charge in [-0.1, -0.05) is 109 Å². The molecule has 3 aliphatic rings. The van der Waals surface area contributed by atoms with Crippen LogP contribution < -0.4 is 9.80 Å². The number of benzene rings is 6. The topological polar surface area (TPSA) is 19.4 Å². The first-order valence-corrected chi connectivity index (χ1v) is 16.5. The first-order chi connectivity index (χ1) is 22.9. The maximum atomic E-state index is 4.33. The highest BCUT2D eigenvalue weighted by Crippen LogP contribution is 2.66. The molecule has 10 rings (SSSR count). The second-order valence-corrected chi connectivity index (χ2v) is 13.0. The van der Waals surface area contributed by atoms with Crippen LogP contribution in [0.2, 0.25) is 0 Å². The Morgan fingerprint density at radius 2 is 1.00 bits per heavy atom. The number of aromatic nitrogens is 1. The van der Waals surface area contributed by atoms with E-state index in [1.165, 1.54) is 65.9 Å². The van der Waals surface area contributed by atoms with Crippen LogP contribution in [0.4, 0.5) is 34.1 Å². The van der Waals surface area contributed by atoms with Crippen molar-refractivity contribution in [3.63, 3.8) is 0 Å². The molecule has 1 aromatic heterocycles. The average molecular weight is 606 g/mol. The highest BCUT2D eigenvalue weighted by atomic mass is 32.2. The lowest BCUT2D eigenvalue weighted by molar-refractivity contribution is 0.751. The molecule has 0 amide bonds. The molecule has 6 aromatic carbocycles. The van der Waals surface area contributed by atoms with Crippen LogP contribution >= 0.6 is 11.8 Å². The number of rotatable bonds is 2. The number of pyridine rings is 1. The van der Waals surface area contributed by atoms with E-state index in [0.717, 1.165) is 11.4 Å². The number of hydrogen-bond donors (Lipinski definition) is 0. The van der Waals surface area contributed by atoms with Gasteiger partial charge in [0.05, 0.1) is 28.2 Å². The number of para-hydroxylation sites is 4. The third-order valence-electron chi connectivity index (χ3n) is 9.73. The molecule has 1 spiro atoms. The summed E-state index contributed by atoms with van der Waals surface area (Å²) in [7, 11) is 0. The number of hydrogen-bond acceptors (Lipinski definition) is 4. The zero-order valence-electron chi connectivity index (χ0n) is 24.8. The molecule has 216 valence electrons. The molecule has 0 unspecified atom stereocenters. The van der Waals surface area contributed by atoms with Gasteiger partial charge >= 0.3 is 0 Å². The summed E-state index contributed by atoms with van der Waals surface area (Å²) in [5.74, 6) is 0. The van der Waals surface area contributed by atoms with Crippen LogP contribution in [0.1, 0.15) is 22.3 Å². The average Bonchev–Trinajstić information content (AvgIpc) is 3.43. The molecule has 0 atom stereocenters. The summed E-state index contributed by atoms with van der Waals surface area (Å²) in [6.07, 6.45) is 3.76. The smallest absolute Gasteiger partial charge is 0.0754 e. The molecule has 0 N–H and O–H groups in total. The van der Waals surface area contributed by atoms with E-state index in [2.05, 4.69) is 166 Å². The van der Waals surface area contributed by atoms with Crippen molar-refractivity contribution in [1.29, 1.82) is 0 Å². The van der Waals surface area contributed by atoms with Crippen molar-refractivity contribution in [3.8, 4) is 11.1 Å². The minimum absolute atomic E-state index is 0.474. The van der Waals surface area contributed by atoms with Crippen molar-refractivity contribution in [1.82, 2.24) is 4.98 Å². The maximum absolute atomic E-state index is 4.33. The van der Waals surface area contributed by atoms with Crippen molar-refractivity contribution in [2.45, 2.75) is 15.2 Å². The Kier molecular flexibility index (Phi) is 5.43. The van der Waals surface area contributed by atoms with Crippen molar-refractivity contribution in [2.75, 3.05) is 9.80 Å². The molecule has 0 fully saturated rings. The summed E-state index contributed by atoms with van der Waals surface area (Å²) in [5.41, 5.74) is 14.5. The predicted molar refractivity (Wildman–Crippen MR) is 189 cm³/mol. The van der Waals surface area contributed by atoms with Gasteiger partial charge in [0.15, 0.2) is 0 Å². The van der Waals surface area contributed by atoms with Crippen LogP contribution in [-0.2, 0) is 5.41 Å². The Morgan fingerprint density at radius 1 is 0.435 bits per heavy atom. The predicted octanol–water partition coefficient (Wildman–Crippen LogP) is 11.2. The second-order valence-electron chi connectivity index (χ2n) is 11.9. The van der Waals surface area contributed by atoms with Gasteiger partial charge in [0.1, 0.15) is 0 Å². The Balaban J connectivity index is 1.31. The summed E-state index contributed by atoms with van der Waals surface area (Å²) in [5, 5.41) is 0. The molecule has 2 aliphatic heterocycles. The van der Waals surface area contributed by atoms with Crippen LogP contribution in [0.25, 0.3) is 11.1 Å². The van der Waals surface area contributed by atoms with Gasteiger partial charge in [-0.3, -0.25) is 4.98 Å². The number of fused-ring (bicyclic) bond motifs is 12. The fourth-order valence-corrected chi connectivity index (χ4v) is 9.24. The fourth-order valence-electron chi connectivity index (χ4n) is 8.03. The van der Waals surface area contributed by atoms with E-state index < -0.39 is 5.41 Å².